The highest BCUT2D eigenvalue weighted by molar-refractivity contribution is 5.92. The summed E-state index contributed by atoms with van der Waals surface area (Å²) in [5, 5.41) is 0. The maximum Gasteiger partial charge on any atom is 0.508 e. The first-order chi connectivity index (χ1) is 17.5. The van der Waals surface area contributed by atoms with Gasteiger partial charge in [0.05, 0.1) is 11.3 Å². The Hall–Kier alpha value is -4.47. The first-order valence-corrected chi connectivity index (χ1v) is 11.2. The molecule has 0 fully saturated rings. The van der Waals surface area contributed by atoms with Crippen molar-refractivity contribution in [3.63, 3.8) is 0 Å². The number of fused-ring (bicyclic) bond motifs is 2. The first-order valence-electron chi connectivity index (χ1n) is 11.2. The smallest absolute Gasteiger partial charge is 0.456 e. The van der Waals surface area contributed by atoms with Crippen molar-refractivity contribution < 1.29 is 42.8 Å². The SMILES string of the molecule is C=CCOC(=O)OC[C@@H]1[C@@H](OC(=O)c2ccccc2)Cc2cc3c(cc2N1C(=O)OCC=C)OCO3. The van der Waals surface area contributed by atoms with Gasteiger partial charge in [-0.1, -0.05) is 43.5 Å². The Kier molecular flexibility index (Phi) is 7.74. The number of esters is 1. The largest absolute Gasteiger partial charge is 0.508 e. The summed E-state index contributed by atoms with van der Waals surface area (Å²) in [5.74, 6) is 0.354. The van der Waals surface area contributed by atoms with Gasteiger partial charge in [0.25, 0.3) is 0 Å². The molecule has 0 spiro atoms. The summed E-state index contributed by atoms with van der Waals surface area (Å²) in [6.45, 7) is 6.65. The fourth-order valence-corrected chi connectivity index (χ4v) is 3.90. The number of ether oxygens (including phenoxy) is 6. The van der Waals surface area contributed by atoms with Crippen LogP contribution in [0.4, 0.5) is 15.3 Å². The van der Waals surface area contributed by atoms with Crippen LogP contribution in [0.2, 0.25) is 0 Å². The van der Waals surface area contributed by atoms with Crippen molar-refractivity contribution in [3.05, 3.63) is 78.9 Å². The Morgan fingerprint density at radius 2 is 1.67 bits per heavy atom. The van der Waals surface area contributed by atoms with Gasteiger partial charge in [-0.15, -0.1) is 0 Å². The number of carbonyl (C=O) groups is 3. The van der Waals surface area contributed by atoms with Gasteiger partial charge in [-0.3, -0.25) is 4.90 Å². The van der Waals surface area contributed by atoms with Gasteiger partial charge >= 0.3 is 18.2 Å². The number of nitrogens with zero attached hydrogens (tertiary/aromatic N) is 1. The molecule has 2 aliphatic heterocycles. The molecule has 10 heteroatoms. The number of hydrogen-bond donors (Lipinski definition) is 0. The zero-order valence-electron chi connectivity index (χ0n) is 19.4. The van der Waals surface area contributed by atoms with E-state index in [2.05, 4.69) is 13.2 Å². The van der Waals surface area contributed by atoms with Crippen LogP contribution in [-0.4, -0.2) is 57.0 Å². The number of anilines is 1. The van der Waals surface area contributed by atoms with Gasteiger partial charge in [-0.2, -0.15) is 0 Å². The van der Waals surface area contributed by atoms with Crippen molar-refractivity contribution in [1.82, 2.24) is 0 Å². The molecule has 188 valence electrons. The van der Waals surface area contributed by atoms with Crippen LogP contribution in [-0.2, 0) is 25.4 Å². The monoisotopic (exact) mass is 495 g/mol. The van der Waals surface area contributed by atoms with Crippen molar-refractivity contribution >= 4 is 23.9 Å². The van der Waals surface area contributed by atoms with Crippen LogP contribution in [0.1, 0.15) is 15.9 Å². The summed E-state index contributed by atoms with van der Waals surface area (Å²) in [4.78, 5) is 39.5. The Balaban J connectivity index is 1.69. The second kappa shape index (κ2) is 11.3. The summed E-state index contributed by atoms with van der Waals surface area (Å²) >= 11 is 0. The van der Waals surface area contributed by atoms with Crippen LogP contribution < -0.4 is 14.4 Å². The Labute approximate surface area is 207 Å². The molecule has 36 heavy (non-hydrogen) atoms. The molecule has 2 heterocycles. The fraction of sp³-hybridized carbons (Fsp3) is 0.269. The lowest BCUT2D eigenvalue weighted by Crippen LogP contribution is -2.55. The number of hydrogen-bond acceptors (Lipinski definition) is 9. The lowest BCUT2D eigenvalue weighted by atomic mass is 9.93. The van der Waals surface area contributed by atoms with E-state index in [9.17, 15) is 14.4 Å². The molecule has 2 aromatic rings. The van der Waals surface area contributed by atoms with Gasteiger partial charge in [0, 0.05) is 12.5 Å². The van der Waals surface area contributed by atoms with Crippen molar-refractivity contribution in [2.24, 2.45) is 0 Å². The normalized spacial score (nSPS) is 17.4. The van der Waals surface area contributed by atoms with Gasteiger partial charge in [-0.25, -0.2) is 14.4 Å². The third-order valence-corrected chi connectivity index (χ3v) is 5.50. The van der Waals surface area contributed by atoms with E-state index in [-0.39, 0.29) is 33.0 Å². The number of rotatable bonds is 8. The molecule has 0 unspecified atom stereocenters. The van der Waals surface area contributed by atoms with E-state index in [1.165, 1.54) is 17.1 Å². The zero-order chi connectivity index (χ0) is 25.5. The molecule has 2 atom stereocenters. The number of carbonyl (C=O) groups excluding carboxylic acids is 3. The average molecular weight is 495 g/mol. The van der Waals surface area contributed by atoms with Crippen molar-refractivity contribution in [2.75, 3.05) is 31.5 Å². The minimum absolute atomic E-state index is 0.0350. The Morgan fingerprint density at radius 1 is 0.972 bits per heavy atom. The van der Waals surface area contributed by atoms with Crippen LogP contribution in [0.25, 0.3) is 0 Å². The third-order valence-electron chi connectivity index (χ3n) is 5.50. The molecule has 0 N–H and O–H groups in total. The lowest BCUT2D eigenvalue weighted by molar-refractivity contribution is 0.00620. The van der Waals surface area contributed by atoms with E-state index >= 15 is 0 Å². The van der Waals surface area contributed by atoms with E-state index in [0.717, 1.165) is 0 Å². The molecule has 4 rings (SSSR count). The maximum absolute atomic E-state index is 13.2. The highest BCUT2D eigenvalue weighted by Gasteiger charge is 2.43. The molecule has 0 aromatic heterocycles. The maximum atomic E-state index is 13.2. The van der Waals surface area contributed by atoms with E-state index in [4.69, 9.17) is 28.4 Å². The average Bonchev–Trinajstić information content (AvgIpc) is 3.35. The predicted octanol–water partition coefficient (Wildman–Crippen LogP) is 4.03. The molecular formula is C26H25NO9. The zero-order valence-corrected chi connectivity index (χ0v) is 19.4. The van der Waals surface area contributed by atoms with Crippen LogP contribution in [0.5, 0.6) is 11.5 Å². The van der Waals surface area contributed by atoms with Gasteiger partial charge in [-0.05, 0) is 23.8 Å². The Morgan fingerprint density at radius 3 is 2.39 bits per heavy atom. The molecule has 0 aliphatic carbocycles. The predicted molar refractivity (Wildman–Crippen MR) is 127 cm³/mol. The molecule has 0 bridgehead atoms. The highest BCUT2D eigenvalue weighted by Crippen LogP contribution is 2.43. The van der Waals surface area contributed by atoms with Crippen LogP contribution in [0.15, 0.2) is 67.8 Å². The van der Waals surface area contributed by atoms with Crippen molar-refractivity contribution in [2.45, 2.75) is 18.6 Å². The van der Waals surface area contributed by atoms with E-state index in [1.54, 1.807) is 42.5 Å². The van der Waals surface area contributed by atoms with Gasteiger partial charge in [0.15, 0.2) is 11.5 Å². The summed E-state index contributed by atoms with van der Waals surface area (Å²) in [6, 6.07) is 10.9. The molecular weight excluding hydrogens is 470 g/mol. The van der Waals surface area contributed by atoms with E-state index < -0.39 is 30.4 Å². The minimum Gasteiger partial charge on any atom is -0.456 e. The molecule has 2 aromatic carbocycles. The summed E-state index contributed by atoms with van der Waals surface area (Å²) in [6.07, 6.45) is 0.430. The number of amides is 1. The molecule has 1 amide bonds. The number of benzene rings is 2. The van der Waals surface area contributed by atoms with Crippen molar-refractivity contribution in [1.29, 1.82) is 0 Å². The van der Waals surface area contributed by atoms with Crippen molar-refractivity contribution in [3.8, 4) is 11.5 Å². The molecule has 0 saturated heterocycles. The topological polar surface area (TPSA) is 110 Å². The standard InChI is InChI=1S/C26H25NO9/c1-3-10-31-25(29)27-19-14-23-22(34-16-35-23)13-18(19)12-21(20(27)15-33-26(30)32-11-4-2)36-24(28)17-8-6-5-7-9-17/h3-9,13-14,20-21H,1-2,10-12,15-16H2/t20-,21+/m1/s1. The molecule has 0 radical (unpaired) electrons. The van der Waals surface area contributed by atoms with Crippen LogP contribution >= 0.6 is 0 Å². The summed E-state index contributed by atoms with van der Waals surface area (Å²) in [7, 11) is 0. The van der Waals surface area contributed by atoms with Gasteiger partial charge in [0.2, 0.25) is 6.79 Å². The third kappa shape index (κ3) is 5.43. The molecule has 2 aliphatic rings. The highest BCUT2D eigenvalue weighted by atomic mass is 16.7. The molecule has 10 nitrogen and oxygen atoms in total. The van der Waals surface area contributed by atoms with E-state index in [0.29, 0.717) is 28.3 Å². The first kappa shape index (κ1) is 24.6. The quantitative estimate of drug-likeness (QED) is 0.304. The second-order valence-electron chi connectivity index (χ2n) is 7.81. The van der Waals surface area contributed by atoms with Gasteiger partial charge in [0.1, 0.15) is 32.0 Å². The van der Waals surface area contributed by atoms with Gasteiger partial charge < -0.3 is 28.4 Å². The lowest BCUT2D eigenvalue weighted by Gasteiger charge is -2.40. The molecule has 0 saturated carbocycles. The fourth-order valence-electron chi connectivity index (χ4n) is 3.90. The van der Waals surface area contributed by atoms with Crippen LogP contribution in [0.3, 0.4) is 0 Å². The minimum atomic E-state index is -0.959. The van der Waals surface area contributed by atoms with E-state index in [1.807, 2.05) is 0 Å². The Bertz CT molecular complexity index is 1150. The second-order valence-corrected chi connectivity index (χ2v) is 7.81. The van der Waals surface area contributed by atoms with Crippen LogP contribution in [0, 0.1) is 0 Å². The summed E-state index contributed by atoms with van der Waals surface area (Å²) < 4.78 is 32.3. The summed E-state index contributed by atoms with van der Waals surface area (Å²) in [5.41, 5.74) is 1.44.